The van der Waals surface area contributed by atoms with Crippen molar-refractivity contribution in [1.82, 2.24) is 9.78 Å². The minimum atomic E-state index is -1.04. The van der Waals surface area contributed by atoms with E-state index in [0.717, 1.165) is 15.9 Å². The number of ether oxygens (including phenoxy) is 1. The fraction of sp³-hybridized carbons (Fsp3) is 0.278. The summed E-state index contributed by atoms with van der Waals surface area (Å²) in [7, 11) is 1.88. The van der Waals surface area contributed by atoms with Gasteiger partial charge in [0.25, 0.3) is 5.91 Å². The van der Waals surface area contributed by atoms with Gasteiger partial charge in [-0.3, -0.25) is 9.48 Å². The van der Waals surface area contributed by atoms with Crippen molar-refractivity contribution in [2.24, 2.45) is 7.05 Å². The van der Waals surface area contributed by atoms with E-state index in [1.165, 1.54) is 11.3 Å². The van der Waals surface area contributed by atoms with Gasteiger partial charge in [0.1, 0.15) is 10.6 Å². The fourth-order valence-corrected chi connectivity index (χ4v) is 3.55. The Morgan fingerprint density at radius 3 is 2.62 bits per heavy atom. The standard InChI is InChI=1S/C18H19N3O4S/c1-10(2)16-13-8-14(26-18(13)21(3)20-16)17(24)19-11-4-6-12(7-5-11)25-9-15(22)23/h4-8,10H,9H2,1-3H3,(H,19,24)(H,22,23). The van der Waals surface area contributed by atoms with E-state index in [2.05, 4.69) is 24.3 Å². The Hall–Kier alpha value is -2.87. The highest BCUT2D eigenvalue weighted by Gasteiger charge is 2.18. The first-order valence-corrected chi connectivity index (χ1v) is 8.89. The number of amides is 1. The minimum Gasteiger partial charge on any atom is -0.482 e. The maximum Gasteiger partial charge on any atom is 0.341 e. The molecule has 26 heavy (non-hydrogen) atoms. The zero-order chi connectivity index (χ0) is 18.8. The van der Waals surface area contributed by atoms with E-state index in [4.69, 9.17) is 9.84 Å². The summed E-state index contributed by atoms with van der Waals surface area (Å²) in [5.74, 6) is -0.523. The number of nitrogens with one attached hydrogen (secondary N) is 1. The summed E-state index contributed by atoms with van der Waals surface area (Å²) in [6, 6.07) is 8.45. The van der Waals surface area contributed by atoms with Crippen molar-refractivity contribution >= 4 is 39.1 Å². The van der Waals surface area contributed by atoms with Gasteiger partial charge in [-0.2, -0.15) is 5.10 Å². The SMILES string of the molecule is CC(C)c1nn(C)c2sc(C(=O)Nc3ccc(OCC(=O)O)cc3)cc12. The maximum atomic E-state index is 12.5. The van der Waals surface area contributed by atoms with Gasteiger partial charge in [0.05, 0.1) is 10.6 Å². The molecule has 0 aliphatic carbocycles. The van der Waals surface area contributed by atoms with Gasteiger partial charge < -0.3 is 15.2 Å². The van der Waals surface area contributed by atoms with E-state index >= 15 is 0 Å². The summed E-state index contributed by atoms with van der Waals surface area (Å²) in [5, 5.41) is 17.0. The number of nitrogens with zero attached hydrogens (tertiary/aromatic N) is 2. The van der Waals surface area contributed by atoms with Crippen LogP contribution in [0, 0.1) is 0 Å². The lowest BCUT2D eigenvalue weighted by molar-refractivity contribution is -0.139. The second-order valence-electron chi connectivity index (χ2n) is 6.15. The van der Waals surface area contributed by atoms with Crippen LogP contribution >= 0.6 is 11.3 Å². The third-order valence-electron chi connectivity index (χ3n) is 3.79. The lowest BCUT2D eigenvalue weighted by atomic mass is 10.1. The molecular weight excluding hydrogens is 354 g/mol. The molecule has 1 amide bonds. The number of fused-ring (bicyclic) bond motifs is 1. The van der Waals surface area contributed by atoms with Gasteiger partial charge in [-0.1, -0.05) is 13.8 Å². The molecule has 0 bridgehead atoms. The molecule has 0 saturated heterocycles. The molecule has 136 valence electrons. The Bertz CT molecular complexity index is 957. The number of hydrogen-bond acceptors (Lipinski definition) is 5. The second kappa shape index (κ2) is 7.17. The Balaban J connectivity index is 1.74. The van der Waals surface area contributed by atoms with E-state index < -0.39 is 12.6 Å². The summed E-state index contributed by atoms with van der Waals surface area (Å²) >= 11 is 1.40. The molecule has 0 aliphatic rings. The van der Waals surface area contributed by atoms with E-state index in [1.807, 2.05) is 13.1 Å². The molecule has 8 heteroatoms. The van der Waals surface area contributed by atoms with Crippen LogP contribution in [0.25, 0.3) is 10.2 Å². The molecular formula is C18H19N3O4S. The first kappa shape index (κ1) is 17.9. The van der Waals surface area contributed by atoms with Crippen LogP contribution in [-0.4, -0.2) is 33.4 Å². The average molecular weight is 373 g/mol. The number of carbonyl (C=O) groups excluding carboxylic acids is 1. The number of aromatic nitrogens is 2. The van der Waals surface area contributed by atoms with Crippen LogP contribution in [0.1, 0.15) is 35.1 Å². The van der Waals surface area contributed by atoms with Gasteiger partial charge in [-0.05, 0) is 36.2 Å². The summed E-state index contributed by atoms with van der Waals surface area (Å²) < 4.78 is 6.88. The molecule has 0 aliphatic heterocycles. The van der Waals surface area contributed by atoms with E-state index in [9.17, 15) is 9.59 Å². The molecule has 2 aromatic heterocycles. The smallest absolute Gasteiger partial charge is 0.341 e. The van der Waals surface area contributed by atoms with E-state index in [1.54, 1.807) is 28.9 Å². The number of carboxylic acids is 1. The third kappa shape index (κ3) is 3.70. The first-order chi connectivity index (χ1) is 12.3. The minimum absolute atomic E-state index is 0.194. The number of carbonyl (C=O) groups is 2. The lowest BCUT2D eigenvalue weighted by Gasteiger charge is -2.06. The molecule has 0 spiro atoms. The van der Waals surface area contributed by atoms with Crippen LogP contribution in [0.4, 0.5) is 5.69 Å². The summed E-state index contributed by atoms with van der Waals surface area (Å²) in [4.78, 5) is 24.6. The molecule has 3 rings (SSSR count). The molecule has 7 nitrogen and oxygen atoms in total. The van der Waals surface area contributed by atoms with Crippen LogP contribution in [0.15, 0.2) is 30.3 Å². The van der Waals surface area contributed by atoms with Gasteiger partial charge in [0, 0.05) is 18.1 Å². The van der Waals surface area contributed by atoms with Crippen molar-refractivity contribution in [2.45, 2.75) is 19.8 Å². The largest absolute Gasteiger partial charge is 0.482 e. The van der Waals surface area contributed by atoms with Crippen molar-refractivity contribution in [3.8, 4) is 5.75 Å². The Kier molecular flexibility index (Phi) is 4.94. The molecule has 0 fully saturated rings. The van der Waals surface area contributed by atoms with E-state index in [0.29, 0.717) is 16.3 Å². The van der Waals surface area contributed by atoms with Crippen LogP contribution in [0.3, 0.4) is 0 Å². The molecule has 2 heterocycles. The maximum absolute atomic E-state index is 12.5. The fourth-order valence-electron chi connectivity index (χ4n) is 2.58. The number of benzene rings is 1. The monoisotopic (exact) mass is 373 g/mol. The molecule has 3 aromatic rings. The van der Waals surface area contributed by atoms with Gasteiger partial charge in [0.15, 0.2) is 6.61 Å². The highest BCUT2D eigenvalue weighted by Crippen LogP contribution is 2.32. The quantitative estimate of drug-likeness (QED) is 0.690. The third-order valence-corrected chi connectivity index (χ3v) is 4.99. The number of thiophene rings is 1. The topological polar surface area (TPSA) is 93.5 Å². The van der Waals surface area contributed by atoms with Crippen molar-refractivity contribution < 1.29 is 19.4 Å². The predicted octanol–water partition coefficient (Wildman–Crippen LogP) is 3.47. The molecule has 0 saturated carbocycles. The number of carboxylic acid groups (broad SMARTS) is 1. The van der Waals surface area contributed by atoms with E-state index in [-0.39, 0.29) is 11.8 Å². The number of aryl methyl sites for hydroxylation is 1. The van der Waals surface area contributed by atoms with Crippen molar-refractivity contribution in [3.05, 3.63) is 40.9 Å². The normalized spacial score (nSPS) is 11.1. The summed E-state index contributed by atoms with van der Waals surface area (Å²) in [5.41, 5.74) is 1.59. The van der Waals surface area contributed by atoms with Crippen LogP contribution in [0.2, 0.25) is 0 Å². The molecule has 0 radical (unpaired) electrons. The summed E-state index contributed by atoms with van der Waals surface area (Å²) in [6.45, 7) is 3.75. The zero-order valence-electron chi connectivity index (χ0n) is 14.6. The van der Waals surface area contributed by atoms with Crippen molar-refractivity contribution in [2.75, 3.05) is 11.9 Å². The Morgan fingerprint density at radius 2 is 2.00 bits per heavy atom. The Labute approximate surface area is 154 Å². The van der Waals surface area contributed by atoms with Gasteiger partial charge in [-0.25, -0.2) is 4.79 Å². The van der Waals surface area contributed by atoms with Gasteiger partial charge >= 0.3 is 5.97 Å². The average Bonchev–Trinajstić information content (AvgIpc) is 3.15. The Morgan fingerprint density at radius 1 is 1.31 bits per heavy atom. The van der Waals surface area contributed by atoms with Gasteiger partial charge in [0.2, 0.25) is 0 Å². The number of anilines is 1. The lowest BCUT2D eigenvalue weighted by Crippen LogP contribution is -2.11. The molecule has 2 N–H and O–H groups in total. The van der Waals surface area contributed by atoms with Crippen LogP contribution < -0.4 is 10.1 Å². The molecule has 0 atom stereocenters. The second-order valence-corrected chi connectivity index (χ2v) is 7.18. The number of aliphatic carboxylic acids is 1. The van der Waals surface area contributed by atoms with Crippen molar-refractivity contribution in [3.63, 3.8) is 0 Å². The number of rotatable bonds is 6. The van der Waals surface area contributed by atoms with Gasteiger partial charge in [-0.15, -0.1) is 11.3 Å². The highest BCUT2D eigenvalue weighted by atomic mass is 32.1. The highest BCUT2D eigenvalue weighted by molar-refractivity contribution is 7.20. The molecule has 1 aromatic carbocycles. The molecule has 0 unspecified atom stereocenters. The first-order valence-electron chi connectivity index (χ1n) is 8.07. The van der Waals surface area contributed by atoms with Crippen molar-refractivity contribution in [1.29, 1.82) is 0 Å². The van der Waals surface area contributed by atoms with Crippen LogP contribution in [0.5, 0.6) is 5.75 Å². The zero-order valence-corrected chi connectivity index (χ0v) is 15.5. The summed E-state index contributed by atoms with van der Waals surface area (Å²) in [6.07, 6.45) is 0. The number of hydrogen-bond donors (Lipinski definition) is 2. The predicted molar refractivity (Wildman–Crippen MR) is 100 cm³/mol. The van der Waals surface area contributed by atoms with Crippen LogP contribution in [-0.2, 0) is 11.8 Å².